The number of amides is 1. The lowest BCUT2D eigenvalue weighted by molar-refractivity contribution is 0.102. The minimum Gasteiger partial charge on any atom is -0.324 e. The molecule has 6 nitrogen and oxygen atoms in total. The van der Waals surface area contributed by atoms with Crippen LogP contribution in [0.2, 0.25) is 4.34 Å². The molecule has 1 amide bonds. The van der Waals surface area contributed by atoms with Crippen molar-refractivity contribution in [2.24, 2.45) is 5.73 Å². The molecule has 0 unspecified atom stereocenters. The minimum atomic E-state index is -0.238. The van der Waals surface area contributed by atoms with Crippen molar-refractivity contribution in [2.45, 2.75) is 13.5 Å². The van der Waals surface area contributed by atoms with Crippen LogP contribution >= 0.6 is 34.3 Å². The predicted octanol–water partition coefficient (Wildman–Crippen LogP) is 3.33. The van der Waals surface area contributed by atoms with Crippen LogP contribution in [-0.2, 0) is 6.54 Å². The Bertz CT molecular complexity index is 843. The number of nitrogens with two attached hydrogens (primary N) is 1. The van der Waals surface area contributed by atoms with Crippen LogP contribution in [0.3, 0.4) is 0 Å². The smallest absolute Gasteiger partial charge is 0.267 e. The van der Waals surface area contributed by atoms with Crippen molar-refractivity contribution in [3.63, 3.8) is 0 Å². The number of thiophene rings is 1. The molecule has 3 N–H and O–H groups in total. The van der Waals surface area contributed by atoms with Crippen LogP contribution in [0.5, 0.6) is 0 Å². The van der Waals surface area contributed by atoms with E-state index in [4.69, 9.17) is 17.3 Å². The molecule has 9 heteroatoms. The molecule has 23 heavy (non-hydrogen) atoms. The number of nitrogens with zero attached hydrogens (tertiary/aromatic N) is 3. The molecule has 0 aromatic carbocycles. The number of carbonyl (C=O) groups excluding carboxylic acids is 1. The Hall–Kier alpha value is -1.87. The molecule has 0 spiro atoms. The first-order valence-corrected chi connectivity index (χ1v) is 8.63. The van der Waals surface area contributed by atoms with Gasteiger partial charge >= 0.3 is 0 Å². The van der Waals surface area contributed by atoms with Crippen molar-refractivity contribution >= 4 is 45.9 Å². The molecular weight excluding hydrogens is 354 g/mol. The van der Waals surface area contributed by atoms with Crippen LogP contribution in [0.25, 0.3) is 9.88 Å². The van der Waals surface area contributed by atoms with Gasteiger partial charge in [0.1, 0.15) is 15.7 Å². The Labute approximate surface area is 145 Å². The Morgan fingerprint density at radius 1 is 1.30 bits per heavy atom. The second-order valence-electron chi connectivity index (χ2n) is 4.58. The fourth-order valence-electron chi connectivity index (χ4n) is 1.85. The Morgan fingerprint density at radius 2 is 2.04 bits per heavy atom. The molecule has 0 aliphatic heterocycles. The summed E-state index contributed by atoms with van der Waals surface area (Å²) in [6.45, 7) is 2.06. The van der Waals surface area contributed by atoms with E-state index in [1.807, 2.05) is 12.1 Å². The molecule has 0 aliphatic rings. The van der Waals surface area contributed by atoms with E-state index >= 15 is 0 Å². The van der Waals surface area contributed by atoms with Gasteiger partial charge in [0.05, 0.1) is 39.5 Å². The zero-order valence-electron chi connectivity index (χ0n) is 12.0. The van der Waals surface area contributed by atoms with E-state index in [-0.39, 0.29) is 12.5 Å². The number of nitrogens with one attached hydrogen (secondary N) is 1. The van der Waals surface area contributed by atoms with E-state index in [0.29, 0.717) is 26.4 Å². The highest BCUT2D eigenvalue weighted by atomic mass is 35.5. The predicted molar refractivity (Wildman–Crippen MR) is 93.1 cm³/mol. The molecule has 0 saturated heterocycles. The van der Waals surface area contributed by atoms with Gasteiger partial charge in [-0.15, -0.1) is 22.7 Å². The topological polar surface area (TPSA) is 93.8 Å². The van der Waals surface area contributed by atoms with Crippen molar-refractivity contribution < 1.29 is 4.79 Å². The van der Waals surface area contributed by atoms with Gasteiger partial charge in [0.15, 0.2) is 0 Å². The molecule has 118 valence electrons. The van der Waals surface area contributed by atoms with Crippen molar-refractivity contribution in [3.8, 4) is 9.88 Å². The fourth-order valence-corrected chi connectivity index (χ4v) is 3.91. The quantitative estimate of drug-likeness (QED) is 0.739. The molecule has 3 aromatic heterocycles. The molecule has 3 heterocycles. The number of hydrogen-bond acceptors (Lipinski definition) is 7. The lowest BCUT2D eigenvalue weighted by Gasteiger charge is -2.03. The number of thiazole rings is 1. The molecular formula is C14H12ClN5OS2. The van der Waals surface area contributed by atoms with E-state index in [2.05, 4.69) is 20.3 Å². The SMILES string of the molecule is Cc1nc(-c2ccc(Cl)s2)sc1C(=O)Nc1cnc(CN)nc1. The van der Waals surface area contributed by atoms with Crippen molar-refractivity contribution in [2.75, 3.05) is 5.32 Å². The first kappa shape index (κ1) is 16.0. The van der Waals surface area contributed by atoms with Gasteiger partial charge in [-0.2, -0.15) is 0 Å². The standard InChI is InChI=1S/C14H12ClN5OS2/c1-7-12(23-14(19-7)9-2-3-10(15)22-9)13(21)20-8-5-17-11(4-16)18-6-8/h2-3,5-6H,4,16H2,1H3,(H,20,21). The average molecular weight is 366 g/mol. The lowest BCUT2D eigenvalue weighted by atomic mass is 10.3. The van der Waals surface area contributed by atoms with Gasteiger partial charge in [-0.1, -0.05) is 11.6 Å². The number of anilines is 1. The van der Waals surface area contributed by atoms with Gasteiger partial charge in [-0.3, -0.25) is 4.79 Å². The third-order valence-corrected chi connectivity index (χ3v) is 5.49. The monoisotopic (exact) mass is 365 g/mol. The first-order chi connectivity index (χ1) is 11.1. The lowest BCUT2D eigenvalue weighted by Crippen LogP contribution is -2.12. The number of aryl methyl sites for hydroxylation is 1. The summed E-state index contributed by atoms with van der Waals surface area (Å²) in [6.07, 6.45) is 3.06. The molecule has 0 atom stereocenters. The second-order valence-corrected chi connectivity index (χ2v) is 7.30. The van der Waals surface area contributed by atoms with Gasteiger partial charge < -0.3 is 11.1 Å². The summed E-state index contributed by atoms with van der Waals surface area (Å²) >= 11 is 8.71. The summed E-state index contributed by atoms with van der Waals surface area (Å²) in [6, 6.07) is 3.71. The third-order valence-electron chi connectivity index (χ3n) is 2.93. The number of rotatable bonds is 4. The Balaban J connectivity index is 1.80. The summed E-state index contributed by atoms with van der Waals surface area (Å²) < 4.78 is 0.691. The van der Waals surface area contributed by atoms with Crippen LogP contribution in [0, 0.1) is 6.92 Å². The normalized spacial score (nSPS) is 10.7. The van der Waals surface area contributed by atoms with Crippen LogP contribution in [0.1, 0.15) is 21.2 Å². The molecule has 3 rings (SSSR count). The Kier molecular flexibility index (Phi) is 4.67. The van der Waals surface area contributed by atoms with Crippen LogP contribution in [0.4, 0.5) is 5.69 Å². The number of aromatic nitrogens is 3. The Morgan fingerprint density at radius 3 is 2.65 bits per heavy atom. The highest BCUT2D eigenvalue weighted by molar-refractivity contribution is 7.24. The summed E-state index contributed by atoms with van der Waals surface area (Å²) in [7, 11) is 0. The second kappa shape index (κ2) is 6.71. The molecule has 0 fully saturated rings. The van der Waals surface area contributed by atoms with Crippen LogP contribution in [-0.4, -0.2) is 20.9 Å². The number of hydrogen-bond donors (Lipinski definition) is 2. The molecule has 0 radical (unpaired) electrons. The zero-order valence-corrected chi connectivity index (χ0v) is 14.4. The van der Waals surface area contributed by atoms with E-state index in [9.17, 15) is 4.79 Å². The minimum absolute atomic E-state index is 0.238. The van der Waals surface area contributed by atoms with E-state index in [1.54, 1.807) is 6.92 Å². The maximum absolute atomic E-state index is 12.4. The summed E-state index contributed by atoms with van der Waals surface area (Å²) in [5, 5.41) is 3.54. The summed E-state index contributed by atoms with van der Waals surface area (Å²) in [4.78, 5) is 26.4. The largest absolute Gasteiger partial charge is 0.324 e. The molecule has 3 aromatic rings. The van der Waals surface area contributed by atoms with Gasteiger partial charge in [-0.25, -0.2) is 15.0 Å². The summed E-state index contributed by atoms with van der Waals surface area (Å²) in [5.74, 6) is 0.284. The van der Waals surface area contributed by atoms with Gasteiger partial charge in [0.25, 0.3) is 5.91 Å². The fraction of sp³-hybridized carbons (Fsp3) is 0.143. The van der Waals surface area contributed by atoms with Crippen molar-refractivity contribution in [1.82, 2.24) is 15.0 Å². The zero-order chi connectivity index (χ0) is 16.4. The van der Waals surface area contributed by atoms with Gasteiger partial charge in [0.2, 0.25) is 0 Å². The average Bonchev–Trinajstić information content (AvgIpc) is 3.14. The van der Waals surface area contributed by atoms with E-state index < -0.39 is 0 Å². The molecule has 0 aliphatic carbocycles. The number of halogens is 1. The maximum atomic E-state index is 12.4. The van der Waals surface area contributed by atoms with Crippen molar-refractivity contribution in [1.29, 1.82) is 0 Å². The highest BCUT2D eigenvalue weighted by Crippen LogP contribution is 2.35. The maximum Gasteiger partial charge on any atom is 0.267 e. The van der Waals surface area contributed by atoms with Crippen LogP contribution in [0.15, 0.2) is 24.5 Å². The highest BCUT2D eigenvalue weighted by Gasteiger charge is 2.17. The van der Waals surface area contributed by atoms with Gasteiger partial charge in [-0.05, 0) is 19.1 Å². The van der Waals surface area contributed by atoms with Crippen LogP contribution < -0.4 is 11.1 Å². The third kappa shape index (κ3) is 3.56. The molecule has 0 bridgehead atoms. The first-order valence-electron chi connectivity index (χ1n) is 6.62. The number of carbonyl (C=O) groups is 1. The van der Waals surface area contributed by atoms with Gasteiger partial charge in [0, 0.05) is 0 Å². The van der Waals surface area contributed by atoms with E-state index in [0.717, 1.165) is 9.88 Å². The summed E-state index contributed by atoms with van der Waals surface area (Å²) in [5.41, 5.74) is 6.63. The molecule has 0 saturated carbocycles. The van der Waals surface area contributed by atoms with Crippen molar-refractivity contribution in [3.05, 3.63) is 45.3 Å². The van der Waals surface area contributed by atoms with E-state index in [1.165, 1.54) is 35.1 Å².